The second-order valence-corrected chi connectivity index (χ2v) is 8.80. The van der Waals surface area contributed by atoms with E-state index in [9.17, 15) is 4.79 Å². The van der Waals surface area contributed by atoms with Crippen LogP contribution in [0, 0.1) is 0 Å². The number of rotatable bonds is 6. The second kappa shape index (κ2) is 9.34. The van der Waals surface area contributed by atoms with Gasteiger partial charge in [0, 0.05) is 18.9 Å². The van der Waals surface area contributed by atoms with Gasteiger partial charge in [0.05, 0.1) is 11.7 Å². The van der Waals surface area contributed by atoms with Gasteiger partial charge in [-0.25, -0.2) is 9.48 Å². The number of hydrogen-bond donors (Lipinski definition) is 0. The van der Waals surface area contributed by atoms with Crippen molar-refractivity contribution in [2.24, 2.45) is 0 Å². The zero-order chi connectivity index (χ0) is 22.6. The van der Waals surface area contributed by atoms with Crippen molar-refractivity contribution in [2.45, 2.75) is 45.3 Å². The minimum Gasteiger partial charge on any atom is -0.491 e. The molecule has 0 saturated carbocycles. The Balaban J connectivity index is 1.30. The molecule has 168 valence electrons. The maximum absolute atomic E-state index is 12.4. The number of likely N-dealkylation sites (tertiary alicyclic amines) is 1. The van der Waals surface area contributed by atoms with Crippen LogP contribution in [0.4, 0.5) is 4.79 Å². The molecule has 7 heteroatoms. The largest absolute Gasteiger partial charge is 0.491 e. The van der Waals surface area contributed by atoms with Crippen molar-refractivity contribution >= 4 is 6.09 Å². The molecule has 0 N–H and O–H groups in total. The van der Waals surface area contributed by atoms with Gasteiger partial charge in [-0.15, -0.1) is 0 Å². The van der Waals surface area contributed by atoms with E-state index in [0.717, 1.165) is 35.8 Å². The molecule has 1 saturated heterocycles. The number of ether oxygens (including phenoxy) is 3. The van der Waals surface area contributed by atoms with Crippen molar-refractivity contribution in [3.63, 3.8) is 0 Å². The number of nitrogens with zero attached hydrogens (tertiary/aromatic N) is 3. The number of aromatic nitrogens is 2. The first-order chi connectivity index (χ1) is 15.4. The molecule has 0 unspecified atom stereocenters. The van der Waals surface area contributed by atoms with E-state index in [-0.39, 0.29) is 12.1 Å². The Morgan fingerprint density at radius 2 is 1.69 bits per heavy atom. The standard InChI is InChI=1S/C25H29N3O4/c1-25(2,3)32-24(29)27-16-4-6-20(27)18-30-21-11-13-23(14-12-21)31-22-9-7-19(8-10-22)28-17-5-15-26-28/h5,7-15,17,20H,4,6,16,18H2,1-3H3/t20-/m1/s1. The second-order valence-electron chi connectivity index (χ2n) is 8.80. The summed E-state index contributed by atoms with van der Waals surface area (Å²) >= 11 is 0. The van der Waals surface area contributed by atoms with Gasteiger partial charge in [-0.3, -0.25) is 0 Å². The molecule has 0 bridgehead atoms. The smallest absolute Gasteiger partial charge is 0.410 e. The Bertz CT molecular complexity index is 1010. The molecule has 0 spiro atoms. The van der Waals surface area contributed by atoms with Crippen molar-refractivity contribution in [2.75, 3.05) is 13.2 Å². The summed E-state index contributed by atoms with van der Waals surface area (Å²) in [5, 5.41) is 4.22. The van der Waals surface area contributed by atoms with Crippen LogP contribution in [0.2, 0.25) is 0 Å². The van der Waals surface area contributed by atoms with Crippen LogP contribution in [0.25, 0.3) is 5.69 Å². The summed E-state index contributed by atoms with van der Waals surface area (Å²) in [5.74, 6) is 2.20. The minimum atomic E-state index is -0.500. The summed E-state index contributed by atoms with van der Waals surface area (Å²) in [5.41, 5.74) is 0.471. The summed E-state index contributed by atoms with van der Waals surface area (Å²) in [6.07, 6.45) is 5.24. The van der Waals surface area contributed by atoms with E-state index < -0.39 is 5.60 Å². The topological polar surface area (TPSA) is 65.8 Å². The normalized spacial score (nSPS) is 16.1. The van der Waals surface area contributed by atoms with Crippen LogP contribution >= 0.6 is 0 Å². The summed E-state index contributed by atoms with van der Waals surface area (Å²) < 4.78 is 19.2. The van der Waals surface area contributed by atoms with Crippen LogP contribution in [-0.2, 0) is 4.74 Å². The lowest BCUT2D eigenvalue weighted by Gasteiger charge is -2.28. The Kier molecular flexibility index (Phi) is 6.35. The van der Waals surface area contributed by atoms with E-state index in [1.165, 1.54) is 0 Å². The fraction of sp³-hybridized carbons (Fsp3) is 0.360. The molecule has 32 heavy (non-hydrogen) atoms. The van der Waals surface area contributed by atoms with Gasteiger partial charge in [0.2, 0.25) is 0 Å². The first-order valence-electron chi connectivity index (χ1n) is 10.9. The average molecular weight is 436 g/mol. The molecule has 2 heterocycles. The third-order valence-electron chi connectivity index (χ3n) is 5.11. The Hall–Kier alpha value is -3.48. The predicted molar refractivity (Wildman–Crippen MR) is 122 cm³/mol. The number of amides is 1. The third-order valence-corrected chi connectivity index (χ3v) is 5.11. The average Bonchev–Trinajstić information content (AvgIpc) is 3.45. The summed E-state index contributed by atoms with van der Waals surface area (Å²) in [6.45, 7) is 6.78. The lowest BCUT2D eigenvalue weighted by Crippen LogP contribution is -2.42. The van der Waals surface area contributed by atoms with Gasteiger partial charge in [-0.1, -0.05) is 0 Å². The van der Waals surface area contributed by atoms with Crippen molar-refractivity contribution < 1.29 is 19.0 Å². The molecule has 1 aliphatic heterocycles. The molecule has 0 radical (unpaired) electrons. The summed E-state index contributed by atoms with van der Waals surface area (Å²) in [6, 6.07) is 17.1. The van der Waals surface area contributed by atoms with Crippen LogP contribution in [0.5, 0.6) is 17.2 Å². The van der Waals surface area contributed by atoms with Crippen molar-refractivity contribution in [1.29, 1.82) is 0 Å². The molecular weight excluding hydrogens is 406 g/mol. The highest BCUT2D eigenvalue weighted by Gasteiger charge is 2.32. The van der Waals surface area contributed by atoms with Crippen LogP contribution < -0.4 is 9.47 Å². The van der Waals surface area contributed by atoms with E-state index >= 15 is 0 Å². The first kappa shape index (κ1) is 21.7. The maximum Gasteiger partial charge on any atom is 0.410 e. The van der Waals surface area contributed by atoms with E-state index in [1.807, 2.05) is 81.6 Å². The number of carbonyl (C=O) groups is 1. The number of carbonyl (C=O) groups excluding carboxylic acids is 1. The van der Waals surface area contributed by atoms with E-state index in [2.05, 4.69) is 5.10 Å². The predicted octanol–water partition coefficient (Wildman–Crippen LogP) is 5.44. The molecular formula is C25H29N3O4. The van der Waals surface area contributed by atoms with Gasteiger partial charge in [-0.2, -0.15) is 5.10 Å². The van der Waals surface area contributed by atoms with Crippen LogP contribution in [-0.4, -0.2) is 45.6 Å². The van der Waals surface area contributed by atoms with Gasteiger partial charge in [-0.05, 0) is 88.2 Å². The lowest BCUT2D eigenvalue weighted by atomic mass is 10.2. The van der Waals surface area contributed by atoms with Crippen LogP contribution in [0.1, 0.15) is 33.6 Å². The summed E-state index contributed by atoms with van der Waals surface area (Å²) in [7, 11) is 0. The van der Waals surface area contributed by atoms with E-state index in [0.29, 0.717) is 13.2 Å². The van der Waals surface area contributed by atoms with Crippen LogP contribution in [0.15, 0.2) is 67.0 Å². The molecule has 1 fully saturated rings. The fourth-order valence-electron chi connectivity index (χ4n) is 3.59. The molecule has 1 atom stereocenters. The molecule has 3 aromatic rings. The molecule has 1 amide bonds. The maximum atomic E-state index is 12.4. The highest BCUT2D eigenvalue weighted by Crippen LogP contribution is 2.26. The Morgan fingerprint density at radius 3 is 2.31 bits per heavy atom. The Labute approximate surface area is 188 Å². The van der Waals surface area contributed by atoms with Crippen molar-refractivity contribution in [3.8, 4) is 22.9 Å². The van der Waals surface area contributed by atoms with Gasteiger partial charge in [0.15, 0.2) is 0 Å². The van der Waals surface area contributed by atoms with Gasteiger partial charge < -0.3 is 19.1 Å². The van der Waals surface area contributed by atoms with Crippen molar-refractivity contribution in [3.05, 3.63) is 67.0 Å². The quantitative estimate of drug-likeness (QED) is 0.516. The lowest BCUT2D eigenvalue weighted by molar-refractivity contribution is 0.0187. The SMILES string of the molecule is CC(C)(C)OC(=O)N1CCC[C@@H]1COc1ccc(Oc2ccc(-n3cccn3)cc2)cc1. The third kappa shape index (κ3) is 5.60. The molecule has 1 aromatic heterocycles. The van der Waals surface area contributed by atoms with E-state index in [4.69, 9.17) is 14.2 Å². The molecule has 4 rings (SSSR count). The first-order valence-corrected chi connectivity index (χ1v) is 10.9. The van der Waals surface area contributed by atoms with E-state index in [1.54, 1.807) is 15.8 Å². The highest BCUT2D eigenvalue weighted by molar-refractivity contribution is 5.69. The Morgan fingerprint density at radius 1 is 1.03 bits per heavy atom. The van der Waals surface area contributed by atoms with Crippen molar-refractivity contribution in [1.82, 2.24) is 14.7 Å². The van der Waals surface area contributed by atoms with Gasteiger partial charge >= 0.3 is 6.09 Å². The number of benzene rings is 2. The fourth-order valence-corrected chi connectivity index (χ4v) is 3.59. The zero-order valence-corrected chi connectivity index (χ0v) is 18.7. The van der Waals surface area contributed by atoms with Gasteiger partial charge in [0.1, 0.15) is 29.5 Å². The number of hydrogen-bond acceptors (Lipinski definition) is 5. The van der Waals surface area contributed by atoms with Gasteiger partial charge in [0.25, 0.3) is 0 Å². The summed E-state index contributed by atoms with van der Waals surface area (Å²) in [4.78, 5) is 14.2. The minimum absolute atomic E-state index is 0.0223. The zero-order valence-electron chi connectivity index (χ0n) is 18.7. The molecule has 1 aliphatic rings. The molecule has 2 aromatic carbocycles. The van der Waals surface area contributed by atoms with Crippen LogP contribution in [0.3, 0.4) is 0 Å². The monoisotopic (exact) mass is 435 g/mol. The molecule has 7 nitrogen and oxygen atoms in total. The molecule has 0 aliphatic carbocycles. The highest BCUT2D eigenvalue weighted by atomic mass is 16.6.